The molecule has 4 aromatic heterocycles. The molecule has 36 heavy (non-hydrogen) atoms. The van der Waals surface area contributed by atoms with Crippen molar-refractivity contribution in [1.82, 2.24) is 19.6 Å². The highest BCUT2D eigenvalue weighted by atomic mass is 35.5. The fourth-order valence-electron chi connectivity index (χ4n) is 4.14. The summed E-state index contributed by atoms with van der Waals surface area (Å²) in [5.41, 5.74) is 4.71. The average molecular weight is 494 g/mol. The second kappa shape index (κ2) is 8.75. The lowest BCUT2D eigenvalue weighted by atomic mass is 10.1. The average Bonchev–Trinajstić information content (AvgIpc) is 3.29. The Morgan fingerprint density at radius 3 is 2.64 bits per heavy atom. The predicted octanol–water partition coefficient (Wildman–Crippen LogP) is 5.04. The number of carbonyl (C=O) groups excluding carboxylic acids is 1. The number of fused-ring (bicyclic) bond motifs is 2. The molecule has 0 spiro atoms. The van der Waals surface area contributed by atoms with E-state index in [2.05, 4.69) is 15.4 Å². The van der Waals surface area contributed by atoms with Crippen LogP contribution < -0.4 is 10.0 Å². The molecule has 6 aromatic rings. The molecule has 0 unspecified atom stereocenters. The molecule has 0 aliphatic heterocycles. The van der Waals surface area contributed by atoms with Gasteiger partial charge in [0, 0.05) is 39.3 Å². The summed E-state index contributed by atoms with van der Waals surface area (Å²) in [6, 6.07) is 23.7. The van der Waals surface area contributed by atoms with Gasteiger partial charge in [-0.25, -0.2) is 14.5 Å². The van der Waals surface area contributed by atoms with Gasteiger partial charge in [-0.2, -0.15) is 5.10 Å². The maximum Gasteiger partial charge on any atom is 0.264 e. The molecule has 0 saturated carbocycles. The third kappa shape index (κ3) is 3.89. The monoisotopic (exact) mass is 493 g/mol. The van der Waals surface area contributed by atoms with Gasteiger partial charge in [-0.3, -0.25) is 10.0 Å². The van der Waals surface area contributed by atoms with E-state index in [1.165, 1.54) is 6.20 Å². The topological polar surface area (TPSA) is 96.3 Å². The van der Waals surface area contributed by atoms with E-state index in [9.17, 15) is 10.0 Å². The number of nitrogens with one attached hydrogen (secondary N) is 1. The summed E-state index contributed by atoms with van der Waals surface area (Å²) >= 11 is 6.09. The maximum atomic E-state index is 13.0. The van der Waals surface area contributed by atoms with E-state index in [0.29, 0.717) is 27.6 Å². The fourth-order valence-corrected chi connectivity index (χ4v) is 4.27. The molecule has 0 saturated heterocycles. The normalized spacial score (nSPS) is 11.1. The minimum Gasteiger partial charge on any atom is -0.306 e. The lowest BCUT2D eigenvalue weighted by Crippen LogP contribution is -2.32. The zero-order chi connectivity index (χ0) is 24.6. The van der Waals surface area contributed by atoms with Crippen LogP contribution >= 0.6 is 11.6 Å². The van der Waals surface area contributed by atoms with Crippen molar-refractivity contribution in [1.29, 1.82) is 0 Å². The van der Waals surface area contributed by atoms with Gasteiger partial charge in [0.2, 0.25) is 6.20 Å². The standard InChI is InChI=1S/C27H17ClN6O2/c28-21-9-7-17(8-10-21)25-26(34-24(32-25)6-3-12-30-34)19-11-13-29-23(15-19)31-27(35)20-14-18-4-1-2-5-22(18)33(36)16-20/h1-16H,(H-,29,31,35,36)/p+1. The number of imidazole rings is 1. The number of aromatic nitrogens is 5. The molecule has 174 valence electrons. The number of hydrogen-bond acceptors (Lipinski definition) is 5. The van der Waals surface area contributed by atoms with Crippen LogP contribution in [-0.2, 0) is 0 Å². The highest BCUT2D eigenvalue weighted by Crippen LogP contribution is 2.33. The third-order valence-electron chi connectivity index (χ3n) is 5.80. The van der Waals surface area contributed by atoms with Gasteiger partial charge in [0.25, 0.3) is 11.4 Å². The fraction of sp³-hybridized carbons (Fsp3) is 0. The Hall–Kier alpha value is -4.82. The Bertz CT molecular complexity index is 1760. The molecular weight excluding hydrogens is 476 g/mol. The molecule has 9 heteroatoms. The molecule has 0 bridgehead atoms. The first kappa shape index (κ1) is 21.7. The van der Waals surface area contributed by atoms with Crippen LogP contribution in [0.15, 0.2) is 97.5 Å². The second-order valence-corrected chi connectivity index (χ2v) is 8.56. The summed E-state index contributed by atoms with van der Waals surface area (Å²) in [5.74, 6) is -0.0505. The molecule has 0 aliphatic carbocycles. The van der Waals surface area contributed by atoms with Crippen LogP contribution in [0.25, 0.3) is 39.1 Å². The Kier molecular flexibility index (Phi) is 5.28. The zero-order valence-electron chi connectivity index (χ0n) is 18.7. The molecule has 0 fully saturated rings. The first-order valence-electron chi connectivity index (χ1n) is 11.1. The Labute approximate surface area is 210 Å². The van der Waals surface area contributed by atoms with Crippen molar-refractivity contribution in [2.75, 3.05) is 5.32 Å². The van der Waals surface area contributed by atoms with Crippen molar-refractivity contribution >= 4 is 39.9 Å². The number of para-hydroxylation sites is 1. The number of anilines is 1. The third-order valence-corrected chi connectivity index (χ3v) is 6.06. The summed E-state index contributed by atoms with van der Waals surface area (Å²) in [5, 5.41) is 19.0. The van der Waals surface area contributed by atoms with Crippen molar-refractivity contribution < 1.29 is 14.7 Å². The Morgan fingerprint density at radius 1 is 0.944 bits per heavy atom. The summed E-state index contributed by atoms with van der Waals surface area (Å²) in [6.07, 6.45) is 4.68. The SMILES string of the molecule is O=C(Nc1cc(-c2c(-c3ccc(Cl)cc3)nc3cccnn23)ccn1)c1cc2ccccc2[n+](O)c1. The van der Waals surface area contributed by atoms with Crippen molar-refractivity contribution in [3.8, 4) is 22.5 Å². The molecule has 0 atom stereocenters. The van der Waals surface area contributed by atoms with Gasteiger partial charge < -0.3 is 5.32 Å². The van der Waals surface area contributed by atoms with E-state index in [1.807, 2.05) is 60.7 Å². The second-order valence-electron chi connectivity index (χ2n) is 8.13. The van der Waals surface area contributed by atoms with Crippen LogP contribution in [0.3, 0.4) is 0 Å². The molecule has 2 N–H and O–H groups in total. The molecule has 8 nitrogen and oxygen atoms in total. The van der Waals surface area contributed by atoms with E-state index in [4.69, 9.17) is 16.6 Å². The summed E-state index contributed by atoms with van der Waals surface area (Å²) in [6.45, 7) is 0. The number of carbonyl (C=O) groups is 1. The molecule has 0 radical (unpaired) electrons. The van der Waals surface area contributed by atoms with Crippen LogP contribution in [-0.4, -0.2) is 30.7 Å². The van der Waals surface area contributed by atoms with E-state index in [-0.39, 0.29) is 0 Å². The van der Waals surface area contributed by atoms with Gasteiger partial charge in [-0.1, -0.05) is 35.9 Å². The molecule has 0 aliphatic rings. The van der Waals surface area contributed by atoms with Gasteiger partial charge in [-0.15, -0.1) is 0 Å². The van der Waals surface area contributed by atoms with Gasteiger partial charge in [0.1, 0.15) is 17.1 Å². The zero-order valence-corrected chi connectivity index (χ0v) is 19.5. The van der Waals surface area contributed by atoms with Crippen molar-refractivity contribution in [3.05, 3.63) is 108 Å². The van der Waals surface area contributed by atoms with Crippen molar-refractivity contribution in [3.63, 3.8) is 0 Å². The number of rotatable bonds is 4. The quantitative estimate of drug-likeness (QED) is 0.265. The maximum absolute atomic E-state index is 13.0. The Morgan fingerprint density at radius 2 is 1.78 bits per heavy atom. The molecule has 6 rings (SSSR count). The van der Waals surface area contributed by atoms with E-state index >= 15 is 0 Å². The van der Waals surface area contributed by atoms with Gasteiger partial charge in [0.15, 0.2) is 5.65 Å². The molecule has 4 heterocycles. The van der Waals surface area contributed by atoms with E-state index in [0.717, 1.165) is 32.6 Å². The number of halogens is 1. The summed E-state index contributed by atoms with van der Waals surface area (Å²) in [7, 11) is 0. The van der Waals surface area contributed by atoms with Gasteiger partial charge in [-0.05, 0) is 48.5 Å². The first-order chi connectivity index (χ1) is 17.6. The van der Waals surface area contributed by atoms with Crippen LogP contribution in [0.5, 0.6) is 0 Å². The number of benzene rings is 2. The lowest BCUT2D eigenvalue weighted by Gasteiger charge is -2.08. The smallest absolute Gasteiger partial charge is 0.264 e. The van der Waals surface area contributed by atoms with Gasteiger partial charge >= 0.3 is 0 Å². The highest BCUT2D eigenvalue weighted by molar-refractivity contribution is 6.30. The summed E-state index contributed by atoms with van der Waals surface area (Å²) in [4.78, 5) is 22.1. The van der Waals surface area contributed by atoms with Gasteiger partial charge in [0.05, 0.1) is 11.1 Å². The number of amides is 1. The molecular formula is C27H18ClN6O2+. The van der Waals surface area contributed by atoms with E-state index < -0.39 is 5.91 Å². The number of nitrogens with zero attached hydrogens (tertiary/aromatic N) is 5. The minimum absolute atomic E-state index is 0.293. The van der Waals surface area contributed by atoms with Crippen LogP contribution in [0, 0.1) is 0 Å². The molecule has 2 aromatic carbocycles. The Balaban J connectivity index is 1.40. The van der Waals surface area contributed by atoms with E-state index in [1.54, 1.807) is 35.1 Å². The lowest BCUT2D eigenvalue weighted by molar-refractivity contribution is -0.884. The first-order valence-corrected chi connectivity index (χ1v) is 11.5. The number of hydrogen-bond donors (Lipinski definition) is 2. The minimum atomic E-state index is -0.401. The van der Waals surface area contributed by atoms with Crippen molar-refractivity contribution in [2.45, 2.75) is 0 Å². The predicted molar refractivity (Wildman–Crippen MR) is 136 cm³/mol. The molecule has 1 amide bonds. The highest BCUT2D eigenvalue weighted by Gasteiger charge is 2.19. The van der Waals surface area contributed by atoms with Crippen LogP contribution in [0.2, 0.25) is 5.02 Å². The van der Waals surface area contributed by atoms with Crippen LogP contribution in [0.4, 0.5) is 5.82 Å². The van der Waals surface area contributed by atoms with Crippen LogP contribution in [0.1, 0.15) is 10.4 Å². The summed E-state index contributed by atoms with van der Waals surface area (Å²) < 4.78 is 2.69. The number of pyridine rings is 2. The largest absolute Gasteiger partial charge is 0.306 e. The van der Waals surface area contributed by atoms with Crippen molar-refractivity contribution in [2.24, 2.45) is 0 Å².